The van der Waals surface area contributed by atoms with E-state index >= 15 is 0 Å². The molecule has 2 N–H and O–H groups in total. The summed E-state index contributed by atoms with van der Waals surface area (Å²) in [7, 11) is 1.33. The molecule has 1 aromatic rings. The first-order valence-electron chi connectivity index (χ1n) is 7.00. The summed E-state index contributed by atoms with van der Waals surface area (Å²) in [6, 6.07) is 2.05. The molecule has 6 nitrogen and oxygen atoms in total. The zero-order valence-corrected chi connectivity index (χ0v) is 13.2. The zero-order valence-electron chi connectivity index (χ0n) is 12.4. The molecule has 0 atom stereocenters. The van der Waals surface area contributed by atoms with E-state index in [-0.39, 0.29) is 5.69 Å². The van der Waals surface area contributed by atoms with Crippen LogP contribution in [0.3, 0.4) is 0 Å². The van der Waals surface area contributed by atoms with Gasteiger partial charge in [0.15, 0.2) is 0 Å². The van der Waals surface area contributed by atoms with Gasteiger partial charge in [-0.25, -0.2) is 4.79 Å². The van der Waals surface area contributed by atoms with Gasteiger partial charge in [-0.3, -0.25) is 4.90 Å². The number of nitrogens with two attached hydrogens (primary N) is 1. The quantitative estimate of drug-likeness (QED) is 0.849. The largest absolute Gasteiger partial charge is 0.465 e. The second-order valence-corrected chi connectivity index (χ2v) is 5.96. The Labute approximate surface area is 128 Å². The van der Waals surface area contributed by atoms with Crippen LogP contribution in [0.25, 0.3) is 0 Å². The fraction of sp³-hybridized carbons (Fsp3) is 0.571. The van der Waals surface area contributed by atoms with E-state index in [0.29, 0.717) is 10.4 Å². The third-order valence-corrected chi connectivity index (χ3v) is 4.79. The smallest absolute Gasteiger partial charge is 0.343 e. The molecule has 1 aromatic heterocycles. The van der Waals surface area contributed by atoms with Gasteiger partial charge in [0.1, 0.15) is 21.5 Å². The predicted molar refractivity (Wildman–Crippen MR) is 83.7 cm³/mol. The van der Waals surface area contributed by atoms with E-state index in [1.807, 2.05) is 0 Å². The maximum absolute atomic E-state index is 12.0. The lowest BCUT2D eigenvalue weighted by atomic mass is 10.2. The normalized spacial score (nSPS) is 15.8. The third-order valence-electron chi connectivity index (χ3n) is 3.62. The number of thiophene rings is 1. The molecule has 114 valence electrons. The van der Waals surface area contributed by atoms with Gasteiger partial charge in [0.25, 0.3) is 0 Å². The lowest BCUT2D eigenvalue weighted by Gasteiger charge is -2.35. The highest BCUT2D eigenvalue weighted by atomic mass is 32.1. The Morgan fingerprint density at radius 2 is 2.10 bits per heavy atom. The van der Waals surface area contributed by atoms with Crippen molar-refractivity contribution in [3.63, 3.8) is 0 Å². The molecular formula is C14H20N4O2S. The van der Waals surface area contributed by atoms with E-state index in [9.17, 15) is 4.79 Å². The van der Waals surface area contributed by atoms with Crippen molar-refractivity contribution in [2.24, 2.45) is 0 Å². The van der Waals surface area contributed by atoms with Gasteiger partial charge in [-0.2, -0.15) is 5.26 Å². The number of methoxy groups -OCH3 is 1. The molecule has 2 rings (SSSR count). The van der Waals surface area contributed by atoms with Crippen LogP contribution in [0.4, 0.5) is 10.7 Å². The molecular weight excluding hydrogens is 288 g/mol. The van der Waals surface area contributed by atoms with E-state index in [0.717, 1.165) is 44.1 Å². The Morgan fingerprint density at radius 3 is 2.62 bits per heavy atom. The first-order valence-corrected chi connectivity index (χ1v) is 7.82. The second kappa shape index (κ2) is 6.78. The molecule has 0 aliphatic carbocycles. The van der Waals surface area contributed by atoms with Crippen molar-refractivity contribution in [3.8, 4) is 6.07 Å². The lowest BCUT2D eigenvalue weighted by Crippen LogP contribution is -2.46. The van der Waals surface area contributed by atoms with Crippen molar-refractivity contribution in [2.75, 3.05) is 50.5 Å². The number of nitrogens with zero attached hydrogens (tertiary/aromatic N) is 3. The summed E-state index contributed by atoms with van der Waals surface area (Å²) in [5.74, 6) is -0.476. The van der Waals surface area contributed by atoms with Crippen molar-refractivity contribution in [2.45, 2.75) is 13.3 Å². The van der Waals surface area contributed by atoms with Gasteiger partial charge in [-0.1, -0.05) is 6.92 Å². The summed E-state index contributed by atoms with van der Waals surface area (Å²) in [5, 5.41) is 9.88. The van der Waals surface area contributed by atoms with Gasteiger partial charge < -0.3 is 15.4 Å². The first-order chi connectivity index (χ1) is 10.1. The van der Waals surface area contributed by atoms with Crippen molar-refractivity contribution < 1.29 is 9.53 Å². The molecule has 1 saturated heterocycles. The standard InChI is InChI=1S/C14H20N4O2S/c1-3-4-17-5-7-18(8-6-17)13-11(14(19)20-2)12(16)10(9-15)21-13/h3-8,16H2,1-2H3. The fourth-order valence-electron chi connectivity index (χ4n) is 2.53. The number of anilines is 2. The number of piperazine rings is 1. The molecule has 0 amide bonds. The Hall–Kier alpha value is -1.78. The van der Waals surface area contributed by atoms with Crippen molar-refractivity contribution in [1.29, 1.82) is 5.26 Å². The predicted octanol–water partition coefficient (Wildman–Crippen LogP) is 1.52. The van der Waals surface area contributed by atoms with Crippen LogP contribution in [0.15, 0.2) is 0 Å². The van der Waals surface area contributed by atoms with Crippen LogP contribution in [-0.4, -0.2) is 50.7 Å². The Morgan fingerprint density at radius 1 is 1.43 bits per heavy atom. The Balaban J connectivity index is 2.24. The van der Waals surface area contributed by atoms with E-state index in [2.05, 4.69) is 22.8 Å². The summed E-state index contributed by atoms with van der Waals surface area (Å²) >= 11 is 1.27. The highest BCUT2D eigenvalue weighted by Gasteiger charge is 2.28. The Kier molecular flexibility index (Phi) is 5.04. The minimum atomic E-state index is -0.476. The van der Waals surface area contributed by atoms with Gasteiger partial charge in [0.2, 0.25) is 0 Å². The van der Waals surface area contributed by atoms with Gasteiger partial charge >= 0.3 is 5.97 Å². The molecule has 0 radical (unpaired) electrons. The highest BCUT2D eigenvalue weighted by Crippen LogP contribution is 2.38. The van der Waals surface area contributed by atoms with Crippen molar-refractivity contribution >= 4 is 28.0 Å². The average Bonchev–Trinajstić information content (AvgIpc) is 2.84. The molecule has 0 spiro atoms. The van der Waals surface area contributed by atoms with E-state index in [1.165, 1.54) is 18.4 Å². The summed E-state index contributed by atoms with van der Waals surface area (Å²) < 4.78 is 4.81. The maximum Gasteiger partial charge on any atom is 0.343 e. The van der Waals surface area contributed by atoms with Crippen LogP contribution in [0.5, 0.6) is 0 Å². The van der Waals surface area contributed by atoms with Crippen molar-refractivity contribution in [3.05, 3.63) is 10.4 Å². The minimum Gasteiger partial charge on any atom is -0.465 e. The molecule has 0 bridgehead atoms. The van der Waals surface area contributed by atoms with E-state index < -0.39 is 5.97 Å². The highest BCUT2D eigenvalue weighted by molar-refractivity contribution is 7.17. The maximum atomic E-state index is 12.0. The number of nitriles is 1. The number of carbonyl (C=O) groups excluding carboxylic acids is 1. The summed E-state index contributed by atoms with van der Waals surface area (Å²) in [5.41, 5.74) is 6.50. The average molecular weight is 308 g/mol. The SMILES string of the molecule is CCCN1CCN(c2sc(C#N)c(N)c2C(=O)OC)CC1. The molecule has 0 aromatic carbocycles. The molecule has 7 heteroatoms. The topological polar surface area (TPSA) is 82.6 Å². The second-order valence-electron chi connectivity index (χ2n) is 4.96. The monoisotopic (exact) mass is 308 g/mol. The molecule has 0 saturated carbocycles. The van der Waals surface area contributed by atoms with Crippen LogP contribution in [0.1, 0.15) is 28.6 Å². The number of hydrogen-bond donors (Lipinski definition) is 1. The summed E-state index contributed by atoms with van der Waals surface area (Å²) in [6.07, 6.45) is 1.14. The number of ether oxygens (including phenoxy) is 1. The Bertz CT molecular complexity index is 556. The summed E-state index contributed by atoms with van der Waals surface area (Å²) in [4.78, 5) is 16.9. The number of hydrogen-bond acceptors (Lipinski definition) is 7. The third kappa shape index (κ3) is 3.12. The molecule has 1 fully saturated rings. The molecule has 2 heterocycles. The molecule has 1 aliphatic rings. The van der Waals surface area contributed by atoms with Crippen LogP contribution >= 0.6 is 11.3 Å². The fourth-order valence-corrected chi connectivity index (χ4v) is 3.59. The summed E-state index contributed by atoms with van der Waals surface area (Å²) in [6.45, 7) is 6.82. The van der Waals surface area contributed by atoms with E-state index in [4.69, 9.17) is 15.7 Å². The molecule has 21 heavy (non-hydrogen) atoms. The van der Waals surface area contributed by atoms with Gasteiger partial charge in [0, 0.05) is 26.2 Å². The van der Waals surface area contributed by atoms with Crippen LogP contribution in [0, 0.1) is 11.3 Å². The van der Waals surface area contributed by atoms with Crippen LogP contribution in [0.2, 0.25) is 0 Å². The lowest BCUT2D eigenvalue weighted by molar-refractivity contribution is 0.0603. The van der Waals surface area contributed by atoms with Gasteiger partial charge in [-0.05, 0) is 13.0 Å². The minimum absolute atomic E-state index is 0.236. The first kappa shape index (κ1) is 15.6. The number of esters is 1. The zero-order chi connectivity index (χ0) is 15.4. The number of nitrogen functional groups attached to an aromatic ring is 1. The van der Waals surface area contributed by atoms with Crippen molar-refractivity contribution in [1.82, 2.24) is 4.90 Å². The van der Waals surface area contributed by atoms with Crippen LogP contribution < -0.4 is 10.6 Å². The van der Waals surface area contributed by atoms with E-state index in [1.54, 1.807) is 0 Å². The molecule has 1 aliphatic heterocycles. The number of rotatable bonds is 4. The molecule has 0 unspecified atom stereocenters. The number of carbonyl (C=O) groups is 1. The van der Waals surface area contributed by atoms with Crippen LogP contribution in [-0.2, 0) is 4.74 Å². The van der Waals surface area contributed by atoms with Gasteiger partial charge in [0.05, 0.1) is 12.8 Å². The van der Waals surface area contributed by atoms with Gasteiger partial charge in [-0.15, -0.1) is 11.3 Å².